The van der Waals surface area contributed by atoms with Gasteiger partial charge in [0.25, 0.3) is 5.91 Å². The maximum absolute atomic E-state index is 12.8. The molecule has 2 saturated heterocycles. The highest BCUT2D eigenvalue weighted by Gasteiger charge is 2.28. The van der Waals surface area contributed by atoms with E-state index in [1.807, 2.05) is 31.2 Å². The number of amides is 1. The fraction of sp³-hybridized carbons (Fsp3) is 0.478. The summed E-state index contributed by atoms with van der Waals surface area (Å²) in [5, 5.41) is 0. The van der Waals surface area contributed by atoms with Crippen molar-refractivity contribution in [2.45, 2.75) is 24.8 Å². The van der Waals surface area contributed by atoms with Crippen LogP contribution in [0.4, 0.5) is 5.82 Å². The Bertz CT molecular complexity index is 1060. The van der Waals surface area contributed by atoms with E-state index in [0.717, 1.165) is 5.56 Å². The van der Waals surface area contributed by atoms with Gasteiger partial charge in [0.1, 0.15) is 16.5 Å². The predicted molar refractivity (Wildman–Crippen MR) is 124 cm³/mol. The van der Waals surface area contributed by atoms with E-state index in [-0.39, 0.29) is 10.8 Å². The van der Waals surface area contributed by atoms with Crippen molar-refractivity contribution in [3.63, 3.8) is 0 Å². The molecule has 2 aromatic rings. The van der Waals surface area contributed by atoms with Gasteiger partial charge in [-0.15, -0.1) is 0 Å². The molecular formula is C23H30N4O5S. The molecule has 0 bridgehead atoms. The number of aromatic nitrogens is 1. The zero-order chi connectivity index (χ0) is 23.4. The van der Waals surface area contributed by atoms with Crippen LogP contribution in [0.1, 0.15) is 12.5 Å². The summed E-state index contributed by atoms with van der Waals surface area (Å²) in [5.41, 5.74) is 1.08. The molecule has 0 N–H and O–H groups in total. The molecule has 4 rings (SSSR count). The number of pyridine rings is 1. The highest BCUT2D eigenvalue weighted by atomic mass is 32.2. The highest BCUT2D eigenvalue weighted by Crippen LogP contribution is 2.21. The molecule has 0 spiro atoms. The molecule has 0 radical (unpaired) electrons. The molecule has 9 nitrogen and oxygen atoms in total. The van der Waals surface area contributed by atoms with Crippen molar-refractivity contribution >= 4 is 21.7 Å². The fourth-order valence-corrected chi connectivity index (χ4v) is 5.36. The predicted octanol–water partition coefficient (Wildman–Crippen LogP) is 1.53. The summed E-state index contributed by atoms with van der Waals surface area (Å²) in [5.74, 6) is 1.34. The van der Waals surface area contributed by atoms with Crippen LogP contribution >= 0.6 is 0 Å². The molecule has 1 aromatic carbocycles. The number of carbonyl (C=O) groups excluding carboxylic acids is 1. The quantitative estimate of drug-likeness (QED) is 0.627. The van der Waals surface area contributed by atoms with Crippen LogP contribution in [0.25, 0.3) is 0 Å². The number of rotatable bonds is 6. The van der Waals surface area contributed by atoms with Gasteiger partial charge in [0.2, 0.25) is 10.0 Å². The Balaban J connectivity index is 1.32. The summed E-state index contributed by atoms with van der Waals surface area (Å²) in [6.07, 6.45) is 0.844. The lowest BCUT2D eigenvalue weighted by atomic mass is 10.2. The van der Waals surface area contributed by atoms with Crippen molar-refractivity contribution in [3.05, 3.63) is 48.2 Å². The first-order valence-electron chi connectivity index (χ1n) is 11.2. The fourth-order valence-electron chi connectivity index (χ4n) is 4.00. The molecule has 3 heterocycles. The van der Waals surface area contributed by atoms with E-state index in [1.54, 1.807) is 24.0 Å². The molecule has 1 aromatic heterocycles. The molecule has 0 saturated carbocycles. The maximum atomic E-state index is 12.8. The number of carbonyl (C=O) groups is 1. The molecule has 1 atom stereocenters. The Labute approximate surface area is 195 Å². The first-order valence-corrected chi connectivity index (χ1v) is 12.6. The average Bonchev–Trinajstić information content (AvgIpc) is 2.84. The van der Waals surface area contributed by atoms with Crippen molar-refractivity contribution in [1.82, 2.24) is 14.2 Å². The minimum atomic E-state index is -3.56. The number of nitrogens with zero attached hydrogens (tertiary/aromatic N) is 4. The number of hydrogen-bond donors (Lipinski definition) is 0. The van der Waals surface area contributed by atoms with Gasteiger partial charge in [0.05, 0.1) is 13.2 Å². The van der Waals surface area contributed by atoms with Crippen molar-refractivity contribution in [2.75, 3.05) is 57.4 Å². The summed E-state index contributed by atoms with van der Waals surface area (Å²) in [6, 6.07) is 11.0. The van der Waals surface area contributed by atoms with E-state index in [2.05, 4.69) is 9.88 Å². The van der Waals surface area contributed by atoms with Gasteiger partial charge >= 0.3 is 0 Å². The lowest BCUT2D eigenvalue weighted by molar-refractivity contribution is -0.138. The Kier molecular flexibility index (Phi) is 7.16. The van der Waals surface area contributed by atoms with Gasteiger partial charge < -0.3 is 19.3 Å². The topological polar surface area (TPSA) is 92.3 Å². The minimum absolute atomic E-state index is 0.0453. The summed E-state index contributed by atoms with van der Waals surface area (Å²) >= 11 is 0. The normalized spacial score (nSPS) is 18.7. The monoisotopic (exact) mass is 474 g/mol. The number of benzene rings is 1. The van der Waals surface area contributed by atoms with Crippen molar-refractivity contribution in [2.24, 2.45) is 0 Å². The van der Waals surface area contributed by atoms with Crippen LogP contribution in [0.5, 0.6) is 5.75 Å². The number of piperazine rings is 1. The molecular weight excluding hydrogens is 444 g/mol. The number of morpholine rings is 1. The third-order valence-corrected chi connectivity index (χ3v) is 7.78. The largest absolute Gasteiger partial charge is 0.481 e. The number of ether oxygens (including phenoxy) is 2. The number of anilines is 1. The van der Waals surface area contributed by atoms with Gasteiger partial charge in [-0.25, -0.2) is 13.4 Å². The van der Waals surface area contributed by atoms with Crippen LogP contribution in [-0.2, 0) is 19.6 Å². The molecule has 1 unspecified atom stereocenters. The summed E-state index contributed by atoms with van der Waals surface area (Å²) in [7, 11) is -3.56. The number of hydrogen-bond acceptors (Lipinski definition) is 7. The number of aryl methyl sites for hydroxylation is 1. The lowest BCUT2D eigenvalue weighted by Gasteiger charge is -2.36. The van der Waals surface area contributed by atoms with E-state index in [4.69, 9.17) is 9.47 Å². The molecule has 10 heteroatoms. The zero-order valence-electron chi connectivity index (χ0n) is 19.0. The van der Waals surface area contributed by atoms with Gasteiger partial charge in [-0.2, -0.15) is 4.31 Å². The summed E-state index contributed by atoms with van der Waals surface area (Å²) in [4.78, 5) is 21.3. The molecule has 1 amide bonds. The Morgan fingerprint density at radius 1 is 1.06 bits per heavy atom. The van der Waals surface area contributed by atoms with Crippen molar-refractivity contribution in [1.29, 1.82) is 0 Å². The van der Waals surface area contributed by atoms with E-state index >= 15 is 0 Å². The van der Waals surface area contributed by atoms with E-state index < -0.39 is 16.1 Å². The highest BCUT2D eigenvalue weighted by molar-refractivity contribution is 7.89. The summed E-state index contributed by atoms with van der Waals surface area (Å²) in [6.45, 7) is 7.61. The Morgan fingerprint density at radius 3 is 2.42 bits per heavy atom. The van der Waals surface area contributed by atoms with Crippen molar-refractivity contribution < 1.29 is 22.7 Å². The summed E-state index contributed by atoms with van der Waals surface area (Å²) < 4.78 is 38.0. The molecule has 0 aliphatic carbocycles. The molecule has 178 valence electrons. The average molecular weight is 475 g/mol. The molecule has 33 heavy (non-hydrogen) atoms. The van der Waals surface area contributed by atoms with Crippen LogP contribution in [0.2, 0.25) is 0 Å². The lowest BCUT2D eigenvalue weighted by Crippen LogP contribution is -2.52. The van der Waals surface area contributed by atoms with Crippen molar-refractivity contribution in [3.8, 4) is 5.75 Å². The molecule has 2 fully saturated rings. The standard InChI is InChI=1S/C23H30N4O5S/c1-18-4-3-5-20(16-18)32-19(2)23(28)26-10-8-25(9-11-26)22-7-6-21(17-24-22)33(29,30)27-12-14-31-15-13-27/h3-7,16-17,19H,8-15H2,1-2H3. The van der Waals surface area contributed by atoms with Crippen LogP contribution in [-0.4, -0.2) is 87.1 Å². The second-order valence-corrected chi connectivity index (χ2v) is 10.2. The van der Waals surface area contributed by atoms with Crippen LogP contribution in [0.3, 0.4) is 0 Å². The van der Waals surface area contributed by atoms with Gasteiger partial charge in [0, 0.05) is 45.5 Å². The van der Waals surface area contributed by atoms with E-state index in [1.165, 1.54) is 10.5 Å². The first-order chi connectivity index (χ1) is 15.8. The third-order valence-electron chi connectivity index (χ3n) is 5.89. The second kappa shape index (κ2) is 10.1. The smallest absolute Gasteiger partial charge is 0.263 e. The third kappa shape index (κ3) is 5.45. The zero-order valence-corrected chi connectivity index (χ0v) is 19.8. The molecule has 2 aliphatic heterocycles. The molecule has 2 aliphatic rings. The second-order valence-electron chi connectivity index (χ2n) is 8.26. The van der Waals surface area contributed by atoms with Gasteiger partial charge in [-0.3, -0.25) is 4.79 Å². The van der Waals surface area contributed by atoms with Crippen LogP contribution in [0, 0.1) is 6.92 Å². The maximum Gasteiger partial charge on any atom is 0.263 e. The van der Waals surface area contributed by atoms with E-state index in [9.17, 15) is 13.2 Å². The van der Waals surface area contributed by atoms with Gasteiger partial charge in [-0.05, 0) is 43.7 Å². The number of sulfonamides is 1. The Morgan fingerprint density at radius 2 is 1.79 bits per heavy atom. The first kappa shape index (κ1) is 23.5. The Hall–Kier alpha value is -2.69. The SMILES string of the molecule is Cc1cccc(OC(C)C(=O)N2CCN(c3ccc(S(=O)(=O)N4CCOCC4)cn3)CC2)c1. The minimum Gasteiger partial charge on any atom is -0.481 e. The van der Waals surface area contributed by atoms with Crippen LogP contribution < -0.4 is 9.64 Å². The van der Waals surface area contributed by atoms with E-state index in [0.29, 0.717) is 64.0 Å². The van der Waals surface area contributed by atoms with Gasteiger partial charge in [0.15, 0.2) is 6.10 Å². The van der Waals surface area contributed by atoms with Gasteiger partial charge in [-0.1, -0.05) is 12.1 Å². The van der Waals surface area contributed by atoms with Crippen LogP contribution in [0.15, 0.2) is 47.5 Å².